The van der Waals surface area contributed by atoms with Gasteiger partial charge in [0.1, 0.15) is 79.4 Å². The summed E-state index contributed by atoms with van der Waals surface area (Å²) < 4.78 is 62.0. The Bertz CT molecular complexity index is 1920. The number of hydrogen-bond acceptors (Lipinski definition) is 21. The van der Waals surface area contributed by atoms with Crippen molar-refractivity contribution >= 4 is 0 Å². The fourth-order valence-corrected chi connectivity index (χ4v) is 15.4. The molecule has 10 aliphatic rings. The zero-order valence-corrected chi connectivity index (χ0v) is 42.4. The second-order valence-electron chi connectivity index (χ2n) is 24.0. The van der Waals surface area contributed by atoms with E-state index in [9.17, 15) is 56.2 Å². The third-order valence-electron chi connectivity index (χ3n) is 19.7. The molecule has 0 amide bonds. The van der Waals surface area contributed by atoms with Crippen LogP contribution in [-0.4, -0.2) is 216 Å². The van der Waals surface area contributed by atoms with Gasteiger partial charge >= 0.3 is 0 Å². The van der Waals surface area contributed by atoms with Crippen molar-refractivity contribution in [2.24, 2.45) is 46.3 Å². The topological polar surface area (TPSA) is 315 Å². The third kappa shape index (κ3) is 9.00. The van der Waals surface area contributed by atoms with Crippen LogP contribution in [0.15, 0.2) is 11.6 Å². The molecule has 0 radical (unpaired) electrons. The number of rotatable bonds is 9. The minimum atomic E-state index is -1.87. The van der Waals surface area contributed by atoms with Crippen LogP contribution < -0.4 is 0 Å². The highest BCUT2D eigenvalue weighted by Gasteiger charge is 2.70. The molecule has 3 saturated carbocycles. The fourth-order valence-electron chi connectivity index (χ4n) is 15.4. The predicted octanol–water partition coefficient (Wildman–Crippen LogP) is -0.936. The molecule has 0 aromatic carbocycles. The van der Waals surface area contributed by atoms with Crippen LogP contribution in [0.25, 0.3) is 0 Å². The molecule has 0 bridgehead atoms. The van der Waals surface area contributed by atoms with Crippen molar-refractivity contribution in [2.75, 3.05) is 13.2 Å². The van der Waals surface area contributed by atoms with Crippen molar-refractivity contribution in [2.45, 2.75) is 247 Å². The molecule has 21 nitrogen and oxygen atoms in total. The maximum absolute atomic E-state index is 12.3. The molecule has 6 aliphatic heterocycles. The molecule has 6 saturated heterocycles. The highest BCUT2D eigenvalue weighted by Crippen LogP contribution is 2.71. The molecular weight excluding hydrogens is 949 g/mol. The van der Waals surface area contributed by atoms with E-state index in [1.54, 1.807) is 0 Å². The van der Waals surface area contributed by atoms with Crippen molar-refractivity contribution in [1.29, 1.82) is 0 Å². The molecule has 6 heterocycles. The monoisotopic (exact) mass is 1030 g/mol. The van der Waals surface area contributed by atoms with E-state index in [1.807, 2.05) is 6.08 Å². The number of fused-ring (bicyclic) bond motifs is 7. The molecule has 1 spiro atoms. The van der Waals surface area contributed by atoms with E-state index in [0.29, 0.717) is 31.3 Å². The Hall–Kier alpha value is -1.10. The van der Waals surface area contributed by atoms with Gasteiger partial charge in [-0.1, -0.05) is 39.3 Å². The maximum Gasteiger partial charge on any atom is 0.187 e. The Morgan fingerprint density at radius 3 is 1.79 bits per heavy atom. The van der Waals surface area contributed by atoms with Gasteiger partial charge in [0.2, 0.25) is 0 Å². The molecule has 4 aliphatic carbocycles. The Labute approximate surface area is 420 Å². The summed E-state index contributed by atoms with van der Waals surface area (Å²) in [6, 6.07) is 0. The number of hydrogen-bond donors (Lipinski definition) is 11. The first-order valence-electron chi connectivity index (χ1n) is 26.7. The quantitative estimate of drug-likeness (QED) is 0.124. The highest BCUT2D eigenvalue weighted by atomic mass is 16.8. The van der Waals surface area contributed by atoms with Crippen LogP contribution in [-0.2, 0) is 47.4 Å². The van der Waals surface area contributed by atoms with Gasteiger partial charge in [0.05, 0.1) is 49.8 Å². The van der Waals surface area contributed by atoms with Gasteiger partial charge in [-0.3, -0.25) is 0 Å². The molecule has 21 heteroatoms. The normalized spacial score (nSPS) is 58.8. The van der Waals surface area contributed by atoms with Gasteiger partial charge in [0.25, 0.3) is 0 Å². The summed E-state index contributed by atoms with van der Waals surface area (Å²) in [7, 11) is 0. The van der Waals surface area contributed by atoms with E-state index >= 15 is 0 Å². The summed E-state index contributed by atoms with van der Waals surface area (Å²) in [6.45, 7) is 13.7. The first kappa shape index (κ1) is 54.3. The molecule has 10 rings (SSSR count). The van der Waals surface area contributed by atoms with Crippen molar-refractivity contribution in [3.8, 4) is 0 Å². The summed E-state index contributed by atoms with van der Waals surface area (Å²) in [6.07, 6.45) is -22.8. The summed E-state index contributed by atoms with van der Waals surface area (Å²) in [5.74, 6) is 1.12. The average molecular weight is 1030 g/mol. The van der Waals surface area contributed by atoms with Crippen molar-refractivity contribution in [3.05, 3.63) is 11.6 Å². The molecule has 32 atom stereocenters. The van der Waals surface area contributed by atoms with Gasteiger partial charge in [-0.2, -0.15) is 0 Å². The number of aliphatic hydroxyl groups excluding tert-OH is 11. The highest BCUT2D eigenvalue weighted by molar-refractivity contribution is 5.29. The molecule has 412 valence electrons. The number of ether oxygens (including phenoxy) is 10. The van der Waals surface area contributed by atoms with E-state index < -0.39 is 147 Å². The van der Waals surface area contributed by atoms with Crippen molar-refractivity contribution < 1.29 is 104 Å². The molecule has 0 aromatic rings. The van der Waals surface area contributed by atoms with Crippen LogP contribution in [0.4, 0.5) is 0 Å². The largest absolute Gasteiger partial charge is 0.394 e. The Morgan fingerprint density at radius 2 is 1.18 bits per heavy atom. The van der Waals surface area contributed by atoms with Crippen LogP contribution in [0, 0.1) is 46.3 Å². The van der Waals surface area contributed by atoms with Crippen LogP contribution in [0.3, 0.4) is 0 Å². The molecule has 0 aromatic heterocycles. The fraction of sp³-hybridized carbons (Fsp3) is 0.961. The maximum atomic E-state index is 12.3. The van der Waals surface area contributed by atoms with E-state index in [-0.39, 0.29) is 40.6 Å². The first-order valence-corrected chi connectivity index (χ1v) is 26.7. The average Bonchev–Trinajstić information content (AvgIpc) is 3.79. The summed E-state index contributed by atoms with van der Waals surface area (Å²) >= 11 is 0. The van der Waals surface area contributed by atoms with E-state index in [2.05, 4.69) is 27.7 Å². The van der Waals surface area contributed by atoms with E-state index in [4.69, 9.17) is 47.4 Å². The summed E-state index contributed by atoms with van der Waals surface area (Å²) in [5.41, 5.74) is 0.824. The lowest BCUT2D eigenvalue weighted by Gasteiger charge is -2.59. The summed E-state index contributed by atoms with van der Waals surface area (Å²) in [4.78, 5) is 0. The van der Waals surface area contributed by atoms with Gasteiger partial charge in [0.15, 0.2) is 30.9 Å². The molecule has 72 heavy (non-hydrogen) atoms. The Morgan fingerprint density at radius 1 is 0.583 bits per heavy atom. The zero-order chi connectivity index (χ0) is 51.7. The van der Waals surface area contributed by atoms with Crippen LogP contribution in [0.1, 0.15) is 99.8 Å². The lowest BCUT2D eigenvalue weighted by Crippen LogP contribution is -2.67. The van der Waals surface area contributed by atoms with Gasteiger partial charge in [-0.05, 0) is 106 Å². The lowest BCUT2D eigenvalue weighted by molar-refractivity contribution is -0.394. The SMILES string of the molecule is C[C@@H]1CC[C@@]2(OC1)O[C@H]1C[C@H]3[C@@H]4C(O)C=C5C[C@@H](O[C@@H]6O[C@H](CO)[C@@H](O[C@@H]7O[C@@H](C)[C@H](O[C@@H]8O[C@@H](C)[C@H](O)[C@@H](O)[C@H]8O)[C@@H](O)[C@H]7O)[C@H](O)[C@H]6O[C@@H]6O[C@@H](C)[C@H](O)[C@@H](O)[C@H]6O)CC[C@]5(C)[C@H]4CC[C@]3(C)[C@H]1[C@@H]2C. The molecule has 11 N–H and O–H groups in total. The van der Waals surface area contributed by atoms with E-state index in [0.717, 1.165) is 44.1 Å². The molecular formula is C51H82O21. The third-order valence-corrected chi connectivity index (χ3v) is 19.7. The minimum absolute atomic E-state index is 0.00847. The molecule has 1 unspecified atom stereocenters. The second-order valence-corrected chi connectivity index (χ2v) is 24.0. The van der Waals surface area contributed by atoms with Gasteiger partial charge in [-0.15, -0.1) is 0 Å². The minimum Gasteiger partial charge on any atom is -0.394 e. The Kier molecular flexibility index (Phi) is 15.3. The van der Waals surface area contributed by atoms with E-state index in [1.165, 1.54) is 20.8 Å². The Balaban J connectivity index is 0.847. The standard InChI is InChI=1S/C51H82O21/c1-19-8-13-51(63-18-19)20(2)32-29(72-51)16-27-31-26(10-12-50(27,32)7)49(6)11-9-25(14-24(49)15-28(31)53)67-48-44(71-46-39(60)36(57)34(55)22(4)65-46)41(62)43(30(17-52)68-48)70-47-40(61)37(58)42(23(5)66-47)69-45-38(59)35(56)33(54)21(3)64-45/h15,19-23,25-48,52-62H,8-14,16-18H2,1-7H3/t19-,20+,21+,22+,23+,25+,26+,27+,28?,29+,30-,31-,32+,33+,34+,35-,36-,37+,38-,39-,40-,41+,42+,43-,44-,45+,46+,47+,48-,49+,50+,51-/m1/s1. The zero-order valence-electron chi connectivity index (χ0n) is 42.4. The van der Waals surface area contributed by atoms with Crippen LogP contribution in [0.5, 0.6) is 0 Å². The smallest absolute Gasteiger partial charge is 0.187 e. The van der Waals surface area contributed by atoms with Gasteiger partial charge < -0.3 is 104 Å². The lowest BCUT2D eigenvalue weighted by atomic mass is 9.46. The molecule has 9 fully saturated rings. The van der Waals surface area contributed by atoms with Crippen LogP contribution >= 0.6 is 0 Å². The summed E-state index contributed by atoms with van der Waals surface area (Å²) in [5, 5.41) is 121. The van der Waals surface area contributed by atoms with Gasteiger partial charge in [0, 0.05) is 12.3 Å². The van der Waals surface area contributed by atoms with Gasteiger partial charge in [-0.25, -0.2) is 0 Å². The second kappa shape index (κ2) is 20.3. The van der Waals surface area contributed by atoms with Crippen molar-refractivity contribution in [3.63, 3.8) is 0 Å². The van der Waals surface area contributed by atoms with Crippen molar-refractivity contribution in [1.82, 2.24) is 0 Å². The van der Waals surface area contributed by atoms with Crippen LogP contribution in [0.2, 0.25) is 0 Å². The first-order chi connectivity index (χ1) is 34.0. The number of aliphatic hydroxyl groups is 11. The predicted molar refractivity (Wildman–Crippen MR) is 245 cm³/mol.